The Bertz CT molecular complexity index is 831. The zero-order valence-corrected chi connectivity index (χ0v) is 16.5. The number of hydrogen-bond acceptors (Lipinski definition) is 5. The van der Waals surface area contributed by atoms with Gasteiger partial charge in [-0.25, -0.2) is 9.59 Å². The van der Waals surface area contributed by atoms with E-state index in [0.29, 0.717) is 24.3 Å². The lowest BCUT2D eigenvalue weighted by Gasteiger charge is -2.19. The molecule has 0 bridgehead atoms. The largest absolute Gasteiger partial charge is 0.497 e. The number of methoxy groups -OCH3 is 2. The fourth-order valence-corrected chi connectivity index (χ4v) is 3.65. The monoisotopic (exact) mass is 399 g/mol. The fourth-order valence-electron chi connectivity index (χ4n) is 3.65. The number of carbonyl (C=O) groups is 2. The van der Waals surface area contributed by atoms with Crippen molar-refractivity contribution in [3.63, 3.8) is 0 Å². The molecule has 7 heteroatoms. The molecular weight excluding hydrogens is 374 g/mol. The zero-order valence-electron chi connectivity index (χ0n) is 16.5. The Morgan fingerprint density at radius 1 is 1.03 bits per heavy atom. The Hall–Kier alpha value is -3.22. The third kappa shape index (κ3) is 5.19. The number of benzene rings is 2. The summed E-state index contributed by atoms with van der Waals surface area (Å²) in [7, 11) is 3.16. The first-order valence-corrected chi connectivity index (χ1v) is 9.42. The van der Waals surface area contributed by atoms with Crippen LogP contribution in [0.2, 0.25) is 0 Å². The molecule has 0 unspecified atom stereocenters. The van der Waals surface area contributed by atoms with Gasteiger partial charge in [-0.05, 0) is 42.0 Å². The third-order valence-corrected chi connectivity index (χ3v) is 5.07. The van der Waals surface area contributed by atoms with E-state index in [9.17, 15) is 14.7 Å². The molecule has 0 radical (unpaired) electrons. The van der Waals surface area contributed by atoms with Gasteiger partial charge in [0, 0.05) is 12.6 Å². The van der Waals surface area contributed by atoms with Crippen LogP contribution in [0.4, 0.5) is 4.79 Å². The van der Waals surface area contributed by atoms with Crippen molar-refractivity contribution >= 4 is 12.1 Å². The van der Waals surface area contributed by atoms with Crippen LogP contribution < -0.4 is 9.47 Å². The van der Waals surface area contributed by atoms with Crippen LogP contribution in [0.5, 0.6) is 11.5 Å². The van der Waals surface area contributed by atoms with Crippen molar-refractivity contribution in [3.8, 4) is 11.5 Å². The maximum absolute atomic E-state index is 12.6. The average molecular weight is 399 g/mol. The second kappa shape index (κ2) is 9.32. The summed E-state index contributed by atoms with van der Waals surface area (Å²) in [5.74, 6) is 0.830. The van der Waals surface area contributed by atoms with Gasteiger partial charge in [-0.2, -0.15) is 0 Å². The molecule has 2 aromatic rings. The summed E-state index contributed by atoms with van der Waals surface area (Å²) < 4.78 is 16.0. The molecule has 1 saturated heterocycles. The van der Waals surface area contributed by atoms with Gasteiger partial charge < -0.3 is 19.3 Å². The van der Waals surface area contributed by atoms with Crippen LogP contribution in [0.25, 0.3) is 0 Å². The second-order valence-electron chi connectivity index (χ2n) is 7.07. The van der Waals surface area contributed by atoms with E-state index in [1.165, 1.54) is 4.90 Å². The lowest BCUT2D eigenvalue weighted by molar-refractivity contribution is -0.149. The summed E-state index contributed by atoms with van der Waals surface area (Å²) in [6.07, 6.45) is -0.0865. The molecule has 0 aliphatic carbocycles. The van der Waals surface area contributed by atoms with E-state index in [1.54, 1.807) is 20.3 Å². The SMILES string of the molecule is COc1cc(C[C@H]2C[C@H](C(=O)OCc3ccccc3)N(C(=O)O)C2)cc(OC)c1. The van der Waals surface area contributed by atoms with Crippen molar-refractivity contribution < 1.29 is 28.9 Å². The Morgan fingerprint density at radius 2 is 1.69 bits per heavy atom. The second-order valence-corrected chi connectivity index (χ2v) is 7.07. The highest BCUT2D eigenvalue weighted by molar-refractivity contribution is 5.81. The minimum Gasteiger partial charge on any atom is -0.497 e. The number of amides is 1. The molecule has 0 spiro atoms. The van der Waals surface area contributed by atoms with Crippen LogP contribution in [0.15, 0.2) is 48.5 Å². The van der Waals surface area contributed by atoms with Gasteiger partial charge in [0.25, 0.3) is 0 Å². The van der Waals surface area contributed by atoms with E-state index in [2.05, 4.69) is 0 Å². The smallest absolute Gasteiger partial charge is 0.408 e. The first-order valence-electron chi connectivity index (χ1n) is 9.42. The summed E-state index contributed by atoms with van der Waals surface area (Å²) in [4.78, 5) is 25.4. The molecule has 2 aromatic carbocycles. The molecule has 1 amide bonds. The van der Waals surface area contributed by atoms with E-state index < -0.39 is 18.1 Å². The van der Waals surface area contributed by atoms with Gasteiger partial charge in [0.1, 0.15) is 24.1 Å². The van der Waals surface area contributed by atoms with E-state index in [4.69, 9.17) is 14.2 Å². The van der Waals surface area contributed by atoms with Crippen molar-refractivity contribution in [1.82, 2.24) is 4.90 Å². The molecule has 29 heavy (non-hydrogen) atoms. The van der Waals surface area contributed by atoms with E-state index in [1.807, 2.05) is 42.5 Å². The van der Waals surface area contributed by atoms with Gasteiger partial charge in [0.05, 0.1) is 14.2 Å². The van der Waals surface area contributed by atoms with Crippen molar-refractivity contribution in [1.29, 1.82) is 0 Å². The molecule has 3 rings (SSSR count). The number of carbonyl (C=O) groups excluding carboxylic acids is 1. The Kier molecular flexibility index (Phi) is 6.59. The van der Waals surface area contributed by atoms with E-state index in [0.717, 1.165) is 11.1 Å². The van der Waals surface area contributed by atoms with Gasteiger partial charge in [-0.15, -0.1) is 0 Å². The first kappa shape index (κ1) is 20.5. The normalized spacial score (nSPS) is 18.3. The van der Waals surface area contributed by atoms with Gasteiger partial charge in [-0.3, -0.25) is 4.90 Å². The van der Waals surface area contributed by atoms with Crippen LogP contribution in [0.1, 0.15) is 17.5 Å². The summed E-state index contributed by atoms with van der Waals surface area (Å²) in [6, 6.07) is 14.1. The van der Waals surface area contributed by atoms with Crippen LogP contribution in [0, 0.1) is 5.92 Å². The quantitative estimate of drug-likeness (QED) is 0.719. The lowest BCUT2D eigenvalue weighted by atomic mass is 9.96. The van der Waals surface area contributed by atoms with Crippen molar-refractivity contribution in [2.24, 2.45) is 5.92 Å². The molecule has 1 aliphatic heterocycles. The third-order valence-electron chi connectivity index (χ3n) is 5.07. The molecule has 7 nitrogen and oxygen atoms in total. The van der Waals surface area contributed by atoms with E-state index in [-0.39, 0.29) is 19.1 Å². The number of ether oxygens (including phenoxy) is 3. The van der Waals surface area contributed by atoms with Crippen molar-refractivity contribution in [2.45, 2.75) is 25.5 Å². The lowest BCUT2D eigenvalue weighted by Crippen LogP contribution is -2.40. The number of nitrogens with zero attached hydrogens (tertiary/aromatic N) is 1. The number of rotatable bonds is 7. The van der Waals surface area contributed by atoms with Crippen molar-refractivity contribution in [3.05, 3.63) is 59.7 Å². The maximum Gasteiger partial charge on any atom is 0.408 e. The Morgan fingerprint density at radius 3 is 2.28 bits per heavy atom. The van der Waals surface area contributed by atoms with Crippen LogP contribution in [-0.4, -0.2) is 48.9 Å². The summed E-state index contributed by atoms with van der Waals surface area (Å²) >= 11 is 0. The number of esters is 1. The number of likely N-dealkylation sites (tertiary alicyclic amines) is 1. The van der Waals surface area contributed by atoms with Crippen molar-refractivity contribution in [2.75, 3.05) is 20.8 Å². The highest BCUT2D eigenvalue weighted by Crippen LogP contribution is 2.30. The maximum atomic E-state index is 12.6. The summed E-state index contributed by atoms with van der Waals surface area (Å²) in [5.41, 5.74) is 1.83. The zero-order chi connectivity index (χ0) is 20.8. The molecular formula is C22H25NO6. The highest BCUT2D eigenvalue weighted by Gasteiger charge is 2.40. The summed E-state index contributed by atoms with van der Waals surface area (Å²) in [6.45, 7) is 0.404. The Balaban J connectivity index is 1.67. The molecule has 0 aromatic heterocycles. The predicted octanol–water partition coefficient (Wildman–Crippen LogP) is 3.36. The van der Waals surface area contributed by atoms with Gasteiger partial charge in [0.2, 0.25) is 0 Å². The highest BCUT2D eigenvalue weighted by atomic mass is 16.5. The standard InChI is InChI=1S/C22H25NO6/c1-27-18-9-16(10-19(12-18)28-2)8-17-11-20(23(13-17)22(25)26)21(24)29-14-15-6-4-3-5-7-15/h3-7,9-10,12,17,20H,8,11,13-14H2,1-2H3,(H,25,26)/t17-,20+/m0/s1. The van der Waals surface area contributed by atoms with Gasteiger partial charge in [0.15, 0.2) is 0 Å². The topological polar surface area (TPSA) is 85.3 Å². The molecule has 1 fully saturated rings. The number of carboxylic acid groups (broad SMARTS) is 1. The predicted molar refractivity (Wildman–Crippen MR) is 106 cm³/mol. The first-order chi connectivity index (χ1) is 14.0. The summed E-state index contributed by atoms with van der Waals surface area (Å²) in [5, 5.41) is 9.54. The minimum atomic E-state index is -1.11. The van der Waals surface area contributed by atoms with Gasteiger partial charge in [-0.1, -0.05) is 30.3 Å². The molecule has 2 atom stereocenters. The molecule has 1 N–H and O–H groups in total. The molecule has 154 valence electrons. The van der Waals surface area contributed by atoms with E-state index >= 15 is 0 Å². The minimum absolute atomic E-state index is 0.00260. The van der Waals surface area contributed by atoms with Gasteiger partial charge >= 0.3 is 12.1 Å². The van der Waals surface area contributed by atoms with Crippen LogP contribution in [-0.2, 0) is 22.6 Å². The number of hydrogen-bond donors (Lipinski definition) is 1. The van der Waals surface area contributed by atoms with Crippen LogP contribution in [0.3, 0.4) is 0 Å². The molecule has 1 aliphatic rings. The molecule has 1 heterocycles. The molecule has 0 saturated carbocycles. The average Bonchev–Trinajstić information content (AvgIpc) is 3.16. The fraction of sp³-hybridized carbons (Fsp3) is 0.364. The Labute approximate surface area is 169 Å². The van der Waals surface area contributed by atoms with Crippen LogP contribution >= 0.6 is 0 Å².